The number of nitrogens with zero attached hydrogens (tertiary/aromatic N) is 3. The quantitative estimate of drug-likeness (QED) is 0.524. The molecule has 0 atom stereocenters. The van der Waals surface area contributed by atoms with Gasteiger partial charge >= 0.3 is 29.6 Å². The Bertz CT molecular complexity index is 864. The maximum atomic E-state index is 12.5. The van der Waals surface area contributed by atoms with E-state index in [1.807, 2.05) is 0 Å². The second-order valence-corrected chi connectivity index (χ2v) is 6.45. The van der Waals surface area contributed by atoms with Gasteiger partial charge in [-0.2, -0.15) is 0 Å². The summed E-state index contributed by atoms with van der Waals surface area (Å²) >= 11 is 0. The summed E-state index contributed by atoms with van der Waals surface area (Å²) in [5.41, 5.74) is 0.340. The van der Waals surface area contributed by atoms with Crippen LogP contribution in [0.1, 0.15) is 6.92 Å². The number of rotatable bonds is 5. The van der Waals surface area contributed by atoms with Gasteiger partial charge in [-0.15, -0.1) is 0 Å². The first-order valence-electron chi connectivity index (χ1n) is 7.02. The van der Waals surface area contributed by atoms with E-state index in [0.717, 1.165) is 5.41 Å². The summed E-state index contributed by atoms with van der Waals surface area (Å²) in [4.78, 5) is 1.46. The summed E-state index contributed by atoms with van der Waals surface area (Å²) in [5, 5.41) is 19.0. The minimum Gasteiger partial charge on any atom is -0.492 e. The Labute approximate surface area is 169 Å². The molecular formula is C17H14N3NaO3S. The molecule has 0 saturated carbocycles. The average molecular weight is 363 g/mol. The van der Waals surface area contributed by atoms with Crippen LogP contribution in [0.2, 0.25) is 0 Å². The zero-order valence-corrected chi connectivity index (χ0v) is 16.7. The van der Waals surface area contributed by atoms with Crippen LogP contribution in [-0.2, 0) is 14.6 Å². The van der Waals surface area contributed by atoms with Crippen LogP contribution in [-0.4, -0.2) is 19.9 Å². The van der Waals surface area contributed by atoms with E-state index < -0.39 is 9.84 Å². The van der Waals surface area contributed by atoms with Gasteiger partial charge in [0.15, 0.2) is 0 Å². The molecule has 0 unspecified atom stereocenters. The molecule has 1 aromatic carbocycles. The van der Waals surface area contributed by atoms with E-state index in [-0.39, 0.29) is 46.3 Å². The molecule has 1 aliphatic heterocycles. The molecule has 0 amide bonds. The van der Waals surface area contributed by atoms with Gasteiger partial charge in [0.25, 0.3) is 0 Å². The van der Waals surface area contributed by atoms with Crippen molar-refractivity contribution in [1.82, 2.24) is 4.90 Å². The van der Waals surface area contributed by atoms with Gasteiger partial charge in [0.1, 0.15) is 5.76 Å². The summed E-state index contributed by atoms with van der Waals surface area (Å²) in [7, 11) is -3.65. The van der Waals surface area contributed by atoms with Crippen molar-refractivity contribution >= 4 is 9.84 Å². The van der Waals surface area contributed by atoms with Crippen LogP contribution in [0.4, 0.5) is 0 Å². The van der Waals surface area contributed by atoms with Crippen LogP contribution in [0.15, 0.2) is 70.4 Å². The number of hydrogen-bond donors (Lipinski definition) is 0. The van der Waals surface area contributed by atoms with E-state index >= 15 is 0 Å². The first-order valence-corrected chi connectivity index (χ1v) is 8.57. The second-order valence-electron chi connectivity index (χ2n) is 4.65. The van der Waals surface area contributed by atoms with Crippen molar-refractivity contribution in [3.05, 3.63) is 71.6 Å². The molecule has 0 fully saturated rings. The van der Waals surface area contributed by atoms with E-state index in [4.69, 9.17) is 15.3 Å². The first-order chi connectivity index (χ1) is 11.5. The van der Waals surface area contributed by atoms with E-state index in [1.54, 1.807) is 37.3 Å². The molecule has 122 valence electrons. The molecule has 0 saturated heterocycles. The summed E-state index contributed by atoms with van der Waals surface area (Å²) in [6, 6.07) is 11.4. The molecule has 2 rings (SSSR count). The fraction of sp³-hybridized carbons (Fsp3) is 0.118. The van der Waals surface area contributed by atoms with Crippen LogP contribution >= 0.6 is 0 Å². The van der Waals surface area contributed by atoms with Gasteiger partial charge in [-0.25, -0.2) is 18.9 Å². The third kappa shape index (κ3) is 5.15. The van der Waals surface area contributed by atoms with E-state index in [9.17, 15) is 8.42 Å². The maximum Gasteiger partial charge on any atom is 1.00 e. The van der Waals surface area contributed by atoms with Crippen LogP contribution in [0, 0.1) is 28.7 Å². The number of sulfone groups is 1. The normalized spacial score (nSPS) is 14.8. The first kappa shape index (κ1) is 20.9. The van der Waals surface area contributed by atoms with Crippen LogP contribution < -0.4 is 29.6 Å². The number of ether oxygens (including phenoxy) is 1. The van der Waals surface area contributed by atoms with Gasteiger partial charge in [-0.1, -0.05) is 36.4 Å². The molecule has 25 heavy (non-hydrogen) atoms. The zero-order valence-electron chi connectivity index (χ0n) is 13.9. The molecule has 1 aliphatic rings. The molecular weight excluding hydrogens is 349 g/mol. The molecule has 8 heteroatoms. The third-order valence-corrected chi connectivity index (χ3v) is 4.57. The molecule has 0 N–H and O–H groups in total. The fourth-order valence-corrected chi connectivity index (χ4v) is 3.19. The zero-order chi connectivity index (χ0) is 17.6. The second kappa shape index (κ2) is 9.36. The molecule has 1 heterocycles. The Morgan fingerprint density at radius 2 is 1.88 bits per heavy atom. The summed E-state index contributed by atoms with van der Waals surface area (Å²) < 4.78 is 30.4. The van der Waals surface area contributed by atoms with Crippen molar-refractivity contribution in [1.29, 1.82) is 10.5 Å². The topological polar surface area (TPSA) is 94.2 Å². The van der Waals surface area contributed by atoms with Crippen molar-refractivity contribution in [2.24, 2.45) is 0 Å². The molecule has 6 nitrogen and oxygen atoms in total. The van der Waals surface area contributed by atoms with E-state index in [1.165, 1.54) is 35.5 Å². The predicted molar refractivity (Wildman–Crippen MR) is 86.9 cm³/mol. The Kier molecular flexibility index (Phi) is 7.82. The van der Waals surface area contributed by atoms with Crippen molar-refractivity contribution in [3.8, 4) is 12.1 Å². The Morgan fingerprint density at radius 3 is 2.44 bits per heavy atom. The van der Waals surface area contributed by atoms with Gasteiger partial charge in [-0.3, -0.25) is 0 Å². The number of benzene rings is 1. The maximum absolute atomic E-state index is 12.5. The largest absolute Gasteiger partial charge is 1.00 e. The van der Waals surface area contributed by atoms with Crippen molar-refractivity contribution in [3.63, 3.8) is 0 Å². The number of allylic oxidation sites excluding steroid dienone is 1. The van der Waals surface area contributed by atoms with Crippen molar-refractivity contribution in [2.45, 2.75) is 11.8 Å². The van der Waals surface area contributed by atoms with Gasteiger partial charge in [0, 0.05) is 17.2 Å². The molecule has 0 bridgehead atoms. The van der Waals surface area contributed by atoms with Gasteiger partial charge in [-0.05, 0) is 31.3 Å². The van der Waals surface area contributed by atoms with Crippen LogP contribution in [0.3, 0.4) is 0 Å². The van der Waals surface area contributed by atoms with E-state index in [0.29, 0.717) is 12.2 Å². The van der Waals surface area contributed by atoms with Gasteiger partial charge in [0.2, 0.25) is 9.84 Å². The van der Waals surface area contributed by atoms with Gasteiger partial charge < -0.3 is 9.64 Å². The SMILES string of the molecule is CCOC1=CN([C-](C#N)C#N)C=C/C1=C\S(=O)(=O)c1ccccc1.[Na+]. The van der Waals surface area contributed by atoms with Crippen LogP contribution in [0.25, 0.3) is 0 Å². The standard InChI is InChI=1S/C17H14N3O3S.Na/c1-2-23-17-12-20(15(10-18)11-19)9-8-14(17)13-24(21,22)16-6-4-3-5-7-16;/h3-9,12-13H,2H2,1H3;/q-1;+1/b14-13+;. The third-order valence-electron chi connectivity index (χ3n) is 3.08. The van der Waals surface area contributed by atoms with Gasteiger partial charge in [0.05, 0.1) is 11.5 Å². The molecule has 0 aromatic heterocycles. The number of hydrogen-bond acceptors (Lipinski definition) is 6. The Balaban J connectivity index is 0.00000312. The average Bonchev–Trinajstić information content (AvgIpc) is 2.59. The predicted octanol–water partition coefficient (Wildman–Crippen LogP) is -0.365. The summed E-state index contributed by atoms with van der Waals surface area (Å²) in [6.07, 6.45) is 4.34. The summed E-state index contributed by atoms with van der Waals surface area (Å²) in [6.45, 7) is 2.07. The fourth-order valence-electron chi connectivity index (χ4n) is 1.99. The number of nitriles is 2. The van der Waals surface area contributed by atoms with E-state index in [2.05, 4.69) is 0 Å². The van der Waals surface area contributed by atoms with Crippen molar-refractivity contribution < 1.29 is 42.7 Å². The molecule has 0 spiro atoms. The minimum absolute atomic E-state index is 0. The smallest absolute Gasteiger partial charge is 0.492 e. The van der Waals surface area contributed by atoms with Crippen molar-refractivity contribution in [2.75, 3.05) is 6.61 Å². The molecule has 0 radical (unpaired) electrons. The monoisotopic (exact) mass is 363 g/mol. The van der Waals surface area contributed by atoms with Crippen LogP contribution in [0.5, 0.6) is 0 Å². The molecule has 1 aromatic rings. The Morgan fingerprint density at radius 1 is 1.24 bits per heavy atom. The minimum atomic E-state index is -3.65. The summed E-state index contributed by atoms with van der Waals surface area (Å²) in [5.74, 6) is 0.266. The molecule has 0 aliphatic carbocycles. The Hall–Kier alpha value is -2.16.